The van der Waals surface area contributed by atoms with Gasteiger partial charge in [0, 0.05) is 23.4 Å². The van der Waals surface area contributed by atoms with Crippen LogP contribution in [0, 0.1) is 12.8 Å². The quantitative estimate of drug-likeness (QED) is 0.902. The van der Waals surface area contributed by atoms with Crippen LogP contribution in [0.3, 0.4) is 0 Å². The van der Waals surface area contributed by atoms with Gasteiger partial charge in [-0.05, 0) is 30.2 Å². The van der Waals surface area contributed by atoms with Crippen LogP contribution in [0.2, 0.25) is 0 Å². The van der Waals surface area contributed by atoms with Gasteiger partial charge in [0.05, 0.1) is 0 Å². The molecule has 2 aromatic rings. The summed E-state index contributed by atoms with van der Waals surface area (Å²) in [5.41, 5.74) is 8.27. The minimum atomic E-state index is 0.0851. The highest BCUT2D eigenvalue weighted by atomic mass is 32.1. The maximum absolute atomic E-state index is 6.04. The lowest BCUT2D eigenvalue weighted by atomic mass is 10.0. The average Bonchev–Trinajstić information content (AvgIpc) is 2.85. The number of hydrogen-bond donors (Lipinski definition) is 1. The molecule has 4 nitrogen and oxygen atoms in total. The summed E-state index contributed by atoms with van der Waals surface area (Å²) in [7, 11) is 0. The van der Waals surface area contributed by atoms with Crippen molar-refractivity contribution >= 4 is 11.3 Å². The predicted molar refractivity (Wildman–Crippen MR) is 73.5 cm³/mol. The third kappa shape index (κ3) is 3.17. The first-order chi connectivity index (χ1) is 8.56. The van der Waals surface area contributed by atoms with Gasteiger partial charge in [0.15, 0.2) is 0 Å². The molecule has 2 aromatic heterocycles. The topological polar surface area (TPSA) is 64.9 Å². The van der Waals surface area contributed by atoms with E-state index in [-0.39, 0.29) is 6.04 Å². The molecule has 1 atom stereocenters. The van der Waals surface area contributed by atoms with E-state index in [9.17, 15) is 0 Å². The third-order valence-electron chi connectivity index (χ3n) is 2.78. The summed E-state index contributed by atoms with van der Waals surface area (Å²) >= 11 is 1.65. The molecule has 98 valence electrons. The number of rotatable bonds is 5. The summed E-state index contributed by atoms with van der Waals surface area (Å²) in [6.45, 7) is 6.37. The molecule has 2 N–H and O–H groups in total. The Morgan fingerprint density at radius 3 is 2.78 bits per heavy atom. The fraction of sp³-hybridized carbons (Fsp3) is 0.538. The maximum Gasteiger partial charge on any atom is 0.228 e. The lowest BCUT2D eigenvalue weighted by Gasteiger charge is -2.10. The van der Waals surface area contributed by atoms with Gasteiger partial charge in [-0.3, -0.25) is 0 Å². The highest BCUT2D eigenvalue weighted by molar-refractivity contribution is 7.08. The monoisotopic (exact) mass is 265 g/mol. The van der Waals surface area contributed by atoms with Crippen molar-refractivity contribution in [3.63, 3.8) is 0 Å². The standard InChI is InChI=1S/C13H19N3OS/c1-8(2)4-10(14)5-12-15-13(16-17-12)11-7-18-6-9(11)3/h6-8,10H,4-5,14H2,1-3H3. The van der Waals surface area contributed by atoms with Gasteiger partial charge in [0.25, 0.3) is 0 Å². The second kappa shape index (κ2) is 5.63. The Morgan fingerprint density at radius 2 is 2.17 bits per heavy atom. The zero-order valence-corrected chi connectivity index (χ0v) is 11.8. The van der Waals surface area contributed by atoms with Crippen LogP contribution in [-0.4, -0.2) is 16.2 Å². The van der Waals surface area contributed by atoms with Crippen LogP contribution in [0.25, 0.3) is 11.4 Å². The molecule has 0 radical (unpaired) electrons. The Balaban J connectivity index is 2.05. The van der Waals surface area contributed by atoms with Gasteiger partial charge in [-0.2, -0.15) is 16.3 Å². The fourth-order valence-electron chi connectivity index (χ4n) is 1.95. The molecule has 2 rings (SSSR count). The molecule has 0 fully saturated rings. The fourth-order valence-corrected chi connectivity index (χ4v) is 2.78. The molecular weight excluding hydrogens is 246 g/mol. The van der Waals surface area contributed by atoms with E-state index < -0.39 is 0 Å². The molecule has 18 heavy (non-hydrogen) atoms. The van der Waals surface area contributed by atoms with E-state index >= 15 is 0 Å². The van der Waals surface area contributed by atoms with E-state index in [0.29, 0.717) is 24.1 Å². The van der Waals surface area contributed by atoms with Gasteiger partial charge in [-0.1, -0.05) is 19.0 Å². The first kappa shape index (κ1) is 13.2. The lowest BCUT2D eigenvalue weighted by Crippen LogP contribution is -2.24. The Hall–Kier alpha value is -1.20. The second-order valence-corrected chi connectivity index (χ2v) is 5.82. The molecule has 0 aliphatic rings. The molecule has 0 saturated carbocycles. The van der Waals surface area contributed by atoms with Gasteiger partial charge >= 0.3 is 0 Å². The van der Waals surface area contributed by atoms with Crippen LogP contribution in [0.15, 0.2) is 15.3 Å². The SMILES string of the molecule is Cc1cscc1-c1noc(CC(N)CC(C)C)n1. The van der Waals surface area contributed by atoms with Crippen LogP contribution < -0.4 is 5.73 Å². The number of nitrogens with zero attached hydrogens (tertiary/aromatic N) is 2. The number of hydrogen-bond acceptors (Lipinski definition) is 5. The van der Waals surface area contributed by atoms with Gasteiger partial charge in [0.1, 0.15) is 0 Å². The van der Waals surface area contributed by atoms with Crippen molar-refractivity contribution < 1.29 is 4.52 Å². The van der Waals surface area contributed by atoms with E-state index in [4.69, 9.17) is 10.3 Å². The first-order valence-electron chi connectivity index (χ1n) is 6.17. The molecule has 0 aliphatic heterocycles. The first-order valence-corrected chi connectivity index (χ1v) is 7.12. The molecule has 0 aromatic carbocycles. The van der Waals surface area contributed by atoms with Gasteiger partial charge in [-0.25, -0.2) is 0 Å². The molecule has 5 heteroatoms. The predicted octanol–water partition coefficient (Wildman–Crippen LogP) is 3.02. The minimum Gasteiger partial charge on any atom is -0.339 e. The Bertz CT molecular complexity index is 504. The van der Waals surface area contributed by atoms with Crippen molar-refractivity contribution in [1.29, 1.82) is 0 Å². The summed E-state index contributed by atoms with van der Waals surface area (Å²) in [5.74, 6) is 1.88. The number of aromatic nitrogens is 2. The second-order valence-electron chi connectivity index (χ2n) is 5.07. The largest absolute Gasteiger partial charge is 0.339 e. The number of thiophene rings is 1. The summed E-state index contributed by atoms with van der Waals surface area (Å²) in [6.07, 6.45) is 1.61. The van der Waals surface area contributed by atoms with Crippen molar-refractivity contribution in [3.05, 3.63) is 22.2 Å². The number of aryl methyl sites for hydroxylation is 1. The van der Waals surface area contributed by atoms with Crippen LogP contribution >= 0.6 is 11.3 Å². The summed E-state index contributed by atoms with van der Waals surface area (Å²) in [4.78, 5) is 4.41. The average molecular weight is 265 g/mol. The molecule has 1 unspecified atom stereocenters. The van der Waals surface area contributed by atoms with Crippen molar-refractivity contribution in [2.45, 2.75) is 39.7 Å². The Kier molecular flexibility index (Phi) is 4.14. The van der Waals surface area contributed by atoms with E-state index in [1.54, 1.807) is 11.3 Å². The van der Waals surface area contributed by atoms with Gasteiger partial charge < -0.3 is 10.3 Å². The van der Waals surface area contributed by atoms with Gasteiger partial charge in [0.2, 0.25) is 11.7 Å². The Morgan fingerprint density at radius 1 is 1.39 bits per heavy atom. The van der Waals surface area contributed by atoms with Crippen molar-refractivity contribution in [1.82, 2.24) is 10.1 Å². The summed E-state index contributed by atoms with van der Waals surface area (Å²) < 4.78 is 5.26. The molecule has 0 spiro atoms. The van der Waals surface area contributed by atoms with Crippen molar-refractivity contribution in [2.24, 2.45) is 11.7 Å². The van der Waals surface area contributed by atoms with E-state index in [1.807, 2.05) is 12.3 Å². The van der Waals surface area contributed by atoms with Crippen LogP contribution in [0.5, 0.6) is 0 Å². The van der Waals surface area contributed by atoms with Crippen LogP contribution in [0.4, 0.5) is 0 Å². The molecular formula is C13H19N3OS. The summed E-state index contributed by atoms with van der Waals surface area (Å²) in [5, 5.41) is 8.14. The zero-order valence-electron chi connectivity index (χ0n) is 11.0. The molecule has 0 amide bonds. The smallest absolute Gasteiger partial charge is 0.228 e. The summed E-state index contributed by atoms with van der Waals surface area (Å²) in [6, 6.07) is 0.0851. The Labute approximate surface area is 111 Å². The minimum absolute atomic E-state index is 0.0851. The van der Waals surface area contributed by atoms with Crippen molar-refractivity contribution in [2.75, 3.05) is 0 Å². The third-order valence-corrected chi connectivity index (χ3v) is 3.64. The van der Waals surface area contributed by atoms with E-state index in [1.165, 1.54) is 5.56 Å². The highest BCUT2D eigenvalue weighted by Crippen LogP contribution is 2.24. The normalized spacial score (nSPS) is 13.2. The highest BCUT2D eigenvalue weighted by Gasteiger charge is 2.14. The lowest BCUT2D eigenvalue weighted by molar-refractivity contribution is 0.359. The zero-order chi connectivity index (χ0) is 13.1. The van der Waals surface area contributed by atoms with Crippen LogP contribution in [-0.2, 0) is 6.42 Å². The van der Waals surface area contributed by atoms with Gasteiger partial charge in [-0.15, -0.1) is 0 Å². The van der Waals surface area contributed by atoms with Crippen molar-refractivity contribution in [3.8, 4) is 11.4 Å². The molecule has 2 heterocycles. The van der Waals surface area contributed by atoms with E-state index in [2.05, 4.69) is 29.4 Å². The maximum atomic E-state index is 6.04. The van der Waals surface area contributed by atoms with Crippen LogP contribution in [0.1, 0.15) is 31.7 Å². The molecule has 0 bridgehead atoms. The molecule has 0 aliphatic carbocycles. The van der Waals surface area contributed by atoms with E-state index in [0.717, 1.165) is 12.0 Å². The number of nitrogens with two attached hydrogens (primary N) is 1. The molecule has 0 saturated heterocycles.